The molecule has 1 aliphatic rings. The fraction of sp³-hybridized carbons (Fsp3) is 0.417. The van der Waals surface area contributed by atoms with Crippen molar-refractivity contribution in [3.8, 4) is 0 Å². The molecule has 0 aromatic heterocycles. The highest BCUT2D eigenvalue weighted by atomic mass is 79.9. The minimum Gasteiger partial charge on any atom is -0.478 e. The van der Waals surface area contributed by atoms with Crippen molar-refractivity contribution in [2.24, 2.45) is 0 Å². The first-order chi connectivity index (χ1) is 7.68. The maximum Gasteiger partial charge on any atom is 0.337 e. The van der Waals surface area contributed by atoms with Crippen molar-refractivity contribution in [2.45, 2.75) is 19.3 Å². The number of nitrogens with zero attached hydrogens (tertiary/aromatic N) is 1. The van der Waals surface area contributed by atoms with Crippen LogP contribution in [0.15, 0.2) is 22.7 Å². The van der Waals surface area contributed by atoms with Crippen molar-refractivity contribution in [2.75, 3.05) is 18.0 Å². The molecule has 16 heavy (non-hydrogen) atoms. The van der Waals surface area contributed by atoms with Crippen LogP contribution in [-0.2, 0) is 0 Å². The van der Waals surface area contributed by atoms with E-state index in [-0.39, 0.29) is 0 Å². The molecule has 1 aromatic carbocycles. The number of carboxylic acid groups (broad SMARTS) is 1. The lowest BCUT2D eigenvalue weighted by molar-refractivity contribution is 0.0697. The van der Waals surface area contributed by atoms with Gasteiger partial charge in [0.15, 0.2) is 0 Å². The van der Waals surface area contributed by atoms with Crippen molar-refractivity contribution < 1.29 is 9.90 Å². The van der Waals surface area contributed by atoms with E-state index in [9.17, 15) is 9.90 Å². The van der Waals surface area contributed by atoms with Crippen LogP contribution >= 0.6 is 15.9 Å². The number of rotatable bonds is 2. The number of piperidine rings is 1. The second kappa shape index (κ2) is 4.87. The van der Waals surface area contributed by atoms with Crippen LogP contribution in [0.5, 0.6) is 0 Å². The first-order valence-electron chi connectivity index (χ1n) is 5.46. The van der Waals surface area contributed by atoms with Gasteiger partial charge in [-0.25, -0.2) is 4.79 Å². The van der Waals surface area contributed by atoms with E-state index < -0.39 is 5.97 Å². The summed E-state index contributed by atoms with van der Waals surface area (Å²) in [5, 5.41) is 9.17. The van der Waals surface area contributed by atoms with Gasteiger partial charge in [-0.3, -0.25) is 0 Å². The largest absolute Gasteiger partial charge is 0.478 e. The standard InChI is InChI=1S/C12H14BrNO2/c13-9-4-5-11(10(8-9)12(15)16)14-6-2-1-3-7-14/h4-5,8H,1-3,6-7H2,(H,15,16). The molecule has 1 saturated heterocycles. The Morgan fingerprint density at radius 2 is 1.94 bits per heavy atom. The third kappa shape index (κ3) is 2.38. The summed E-state index contributed by atoms with van der Waals surface area (Å²) in [5.74, 6) is -0.859. The summed E-state index contributed by atoms with van der Waals surface area (Å²) < 4.78 is 0.811. The fourth-order valence-electron chi connectivity index (χ4n) is 2.09. The molecule has 2 rings (SSSR count). The summed E-state index contributed by atoms with van der Waals surface area (Å²) in [6, 6.07) is 5.46. The highest BCUT2D eigenvalue weighted by molar-refractivity contribution is 9.10. The van der Waals surface area contributed by atoms with E-state index in [1.54, 1.807) is 6.07 Å². The van der Waals surface area contributed by atoms with E-state index in [0.29, 0.717) is 5.56 Å². The Hall–Kier alpha value is -1.03. The Balaban J connectivity index is 2.34. The van der Waals surface area contributed by atoms with E-state index in [1.165, 1.54) is 6.42 Å². The van der Waals surface area contributed by atoms with E-state index in [4.69, 9.17) is 0 Å². The summed E-state index contributed by atoms with van der Waals surface area (Å²) >= 11 is 3.31. The van der Waals surface area contributed by atoms with Crippen molar-refractivity contribution in [1.29, 1.82) is 0 Å². The van der Waals surface area contributed by atoms with Crippen LogP contribution in [0.4, 0.5) is 5.69 Å². The van der Waals surface area contributed by atoms with Crippen LogP contribution < -0.4 is 4.90 Å². The topological polar surface area (TPSA) is 40.5 Å². The molecule has 1 heterocycles. The van der Waals surface area contributed by atoms with Gasteiger partial charge in [0.05, 0.1) is 11.3 Å². The predicted molar refractivity (Wildman–Crippen MR) is 67.2 cm³/mol. The van der Waals surface area contributed by atoms with Gasteiger partial charge in [-0.1, -0.05) is 15.9 Å². The second-order valence-electron chi connectivity index (χ2n) is 4.01. The molecular formula is C12H14BrNO2. The Morgan fingerprint density at radius 3 is 2.56 bits per heavy atom. The Morgan fingerprint density at radius 1 is 1.25 bits per heavy atom. The Bertz CT molecular complexity index is 400. The number of benzene rings is 1. The lowest BCUT2D eigenvalue weighted by Crippen LogP contribution is -2.30. The van der Waals surface area contributed by atoms with Gasteiger partial charge in [-0.05, 0) is 37.5 Å². The highest BCUT2D eigenvalue weighted by Gasteiger charge is 2.18. The molecule has 0 radical (unpaired) electrons. The normalized spacial score (nSPS) is 16.2. The smallest absolute Gasteiger partial charge is 0.337 e. The van der Waals surface area contributed by atoms with Crippen LogP contribution in [0, 0.1) is 0 Å². The number of hydrogen-bond acceptors (Lipinski definition) is 2. The molecule has 0 atom stereocenters. The third-order valence-corrected chi connectivity index (χ3v) is 3.38. The minimum absolute atomic E-state index is 0.385. The molecule has 1 N–H and O–H groups in total. The predicted octanol–water partition coefficient (Wildman–Crippen LogP) is 3.14. The van der Waals surface area contributed by atoms with Gasteiger partial charge in [0, 0.05) is 17.6 Å². The zero-order chi connectivity index (χ0) is 11.5. The molecule has 0 bridgehead atoms. The number of anilines is 1. The first-order valence-corrected chi connectivity index (χ1v) is 6.25. The van der Waals surface area contributed by atoms with Gasteiger partial charge in [-0.2, -0.15) is 0 Å². The van der Waals surface area contributed by atoms with Crippen LogP contribution in [0.25, 0.3) is 0 Å². The van der Waals surface area contributed by atoms with Gasteiger partial charge >= 0.3 is 5.97 Å². The summed E-state index contributed by atoms with van der Waals surface area (Å²) in [5.41, 5.74) is 1.23. The molecule has 86 valence electrons. The third-order valence-electron chi connectivity index (χ3n) is 2.89. The van der Waals surface area contributed by atoms with Crippen molar-refractivity contribution in [1.82, 2.24) is 0 Å². The highest BCUT2D eigenvalue weighted by Crippen LogP contribution is 2.27. The van der Waals surface area contributed by atoms with Crippen LogP contribution in [-0.4, -0.2) is 24.2 Å². The second-order valence-corrected chi connectivity index (χ2v) is 4.93. The average Bonchev–Trinajstić information content (AvgIpc) is 2.30. The van der Waals surface area contributed by atoms with Gasteiger partial charge in [0.1, 0.15) is 0 Å². The monoisotopic (exact) mass is 283 g/mol. The molecule has 0 amide bonds. The number of carboxylic acids is 1. The molecule has 0 saturated carbocycles. The molecule has 0 unspecified atom stereocenters. The van der Waals surface area contributed by atoms with Gasteiger partial charge < -0.3 is 10.0 Å². The van der Waals surface area contributed by atoms with Crippen LogP contribution in [0.2, 0.25) is 0 Å². The Kier molecular flexibility index (Phi) is 3.49. The molecule has 1 fully saturated rings. The summed E-state index contributed by atoms with van der Waals surface area (Å²) in [6.45, 7) is 1.92. The lowest BCUT2D eigenvalue weighted by Gasteiger charge is -2.29. The number of aromatic carboxylic acids is 1. The summed E-state index contributed by atoms with van der Waals surface area (Å²) in [4.78, 5) is 13.3. The van der Waals surface area contributed by atoms with Gasteiger partial charge in [-0.15, -0.1) is 0 Å². The average molecular weight is 284 g/mol. The maximum absolute atomic E-state index is 11.2. The molecule has 3 nitrogen and oxygen atoms in total. The SMILES string of the molecule is O=C(O)c1cc(Br)ccc1N1CCCCC1. The van der Waals surface area contributed by atoms with E-state index in [1.807, 2.05) is 12.1 Å². The molecule has 1 aliphatic heterocycles. The molecule has 1 aromatic rings. The lowest BCUT2D eigenvalue weighted by atomic mass is 10.1. The Labute approximate surface area is 103 Å². The number of halogens is 1. The summed E-state index contributed by atoms with van der Waals surface area (Å²) in [7, 11) is 0. The fourth-order valence-corrected chi connectivity index (χ4v) is 2.45. The van der Waals surface area contributed by atoms with Crippen LogP contribution in [0.1, 0.15) is 29.6 Å². The number of carbonyl (C=O) groups is 1. The maximum atomic E-state index is 11.2. The van der Waals surface area contributed by atoms with Crippen molar-refractivity contribution in [3.63, 3.8) is 0 Å². The molecule has 4 heteroatoms. The number of hydrogen-bond donors (Lipinski definition) is 1. The minimum atomic E-state index is -0.859. The van der Waals surface area contributed by atoms with E-state index in [0.717, 1.165) is 36.1 Å². The summed E-state index contributed by atoms with van der Waals surface area (Å²) in [6.07, 6.45) is 3.54. The van der Waals surface area contributed by atoms with Gasteiger partial charge in [0.2, 0.25) is 0 Å². The molecular weight excluding hydrogens is 270 g/mol. The van der Waals surface area contributed by atoms with Crippen molar-refractivity contribution >= 4 is 27.6 Å². The van der Waals surface area contributed by atoms with Crippen LogP contribution in [0.3, 0.4) is 0 Å². The van der Waals surface area contributed by atoms with E-state index >= 15 is 0 Å². The van der Waals surface area contributed by atoms with Crippen molar-refractivity contribution in [3.05, 3.63) is 28.2 Å². The van der Waals surface area contributed by atoms with Gasteiger partial charge in [0.25, 0.3) is 0 Å². The zero-order valence-corrected chi connectivity index (χ0v) is 10.5. The molecule has 0 aliphatic carbocycles. The van der Waals surface area contributed by atoms with E-state index in [2.05, 4.69) is 20.8 Å². The molecule has 0 spiro atoms. The zero-order valence-electron chi connectivity index (χ0n) is 8.95. The first kappa shape index (κ1) is 11.5. The quantitative estimate of drug-likeness (QED) is 0.907.